The summed E-state index contributed by atoms with van der Waals surface area (Å²) in [6.07, 6.45) is 7.77. The standard InChI is InChI=1S/C16H16ClNO3S/c17-13-9-12(21-11-4-2-1-3-5-11)7-6-10(13)8-14-15(19)18-16(20)22-14/h6-9,11H,1-5H2,(H,18,19,20)/b14-8-. The van der Waals surface area contributed by atoms with Crippen LogP contribution in [0.5, 0.6) is 5.75 Å². The number of hydrogen-bond donors (Lipinski definition) is 1. The highest BCUT2D eigenvalue weighted by molar-refractivity contribution is 8.18. The Bertz CT molecular complexity index is 638. The van der Waals surface area contributed by atoms with Crippen LogP contribution in [0.4, 0.5) is 4.79 Å². The third-order valence-corrected chi connectivity index (χ3v) is 4.89. The molecular weight excluding hydrogens is 322 g/mol. The van der Waals surface area contributed by atoms with Crippen molar-refractivity contribution in [3.63, 3.8) is 0 Å². The summed E-state index contributed by atoms with van der Waals surface area (Å²) in [7, 11) is 0. The van der Waals surface area contributed by atoms with Crippen molar-refractivity contribution in [1.29, 1.82) is 0 Å². The molecule has 1 aromatic carbocycles. The molecule has 1 heterocycles. The summed E-state index contributed by atoms with van der Waals surface area (Å²) < 4.78 is 5.96. The molecule has 2 fully saturated rings. The van der Waals surface area contributed by atoms with Crippen LogP contribution in [0.3, 0.4) is 0 Å². The van der Waals surface area contributed by atoms with Gasteiger partial charge in [-0.3, -0.25) is 14.9 Å². The molecule has 2 amide bonds. The SMILES string of the molecule is O=C1NC(=O)/C(=C/c2ccc(OC3CCCCC3)cc2Cl)S1. The number of hydrogen-bond acceptors (Lipinski definition) is 4. The van der Waals surface area contributed by atoms with Gasteiger partial charge in [0.2, 0.25) is 0 Å². The van der Waals surface area contributed by atoms with Gasteiger partial charge in [0.25, 0.3) is 11.1 Å². The van der Waals surface area contributed by atoms with Gasteiger partial charge in [-0.15, -0.1) is 0 Å². The van der Waals surface area contributed by atoms with E-state index in [1.54, 1.807) is 12.1 Å². The van der Waals surface area contributed by atoms with Crippen LogP contribution in [0, 0.1) is 0 Å². The lowest BCUT2D eigenvalue weighted by Gasteiger charge is -2.23. The first-order valence-electron chi connectivity index (χ1n) is 7.33. The summed E-state index contributed by atoms with van der Waals surface area (Å²) in [6, 6.07) is 5.43. The fourth-order valence-electron chi connectivity index (χ4n) is 2.64. The maximum atomic E-state index is 11.5. The average molecular weight is 338 g/mol. The highest BCUT2D eigenvalue weighted by Gasteiger charge is 2.25. The molecule has 1 aliphatic carbocycles. The van der Waals surface area contributed by atoms with Crippen molar-refractivity contribution in [2.45, 2.75) is 38.2 Å². The molecule has 0 bridgehead atoms. The van der Waals surface area contributed by atoms with Gasteiger partial charge in [0.15, 0.2) is 0 Å². The molecule has 0 unspecified atom stereocenters. The summed E-state index contributed by atoms with van der Waals surface area (Å²) in [5.74, 6) is 0.368. The van der Waals surface area contributed by atoms with E-state index in [0.717, 1.165) is 30.4 Å². The summed E-state index contributed by atoms with van der Waals surface area (Å²) >= 11 is 7.14. The molecule has 1 saturated heterocycles. The van der Waals surface area contributed by atoms with Crippen LogP contribution in [-0.2, 0) is 4.79 Å². The van der Waals surface area contributed by atoms with E-state index >= 15 is 0 Å². The van der Waals surface area contributed by atoms with Gasteiger partial charge in [0.1, 0.15) is 5.75 Å². The Morgan fingerprint density at radius 2 is 2.00 bits per heavy atom. The Balaban J connectivity index is 1.73. The molecule has 3 rings (SSSR count). The minimum atomic E-state index is -0.381. The number of carbonyl (C=O) groups excluding carboxylic acids is 2. The number of rotatable bonds is 3. The number of halogens is 1. The molecule has 0 aromatic heterocycles. The Hall–Kier alpha value is -1.46. The van der Waals surface area contributed by atoms with E-state index in [1.807, 2.05) is 12.1 Å². The Labute approximate surface area is 138 Å². The molecule has 4 nitrogen and oxygen atoms in total. The van der Waals surface area contributed by atoms with E-state index in [2.05, 4.69) is 5.32 Å². The van der Waals surface area contributed by atoms with E-state index < -0.39 is 0 Å². The molecule has 2 aliphatic rings. The average Bonchev–Trinajstić information content (AvgIpc) is 2.81. The molecule has 1 N–H and O–H groups in total. The molecule has 1 aromatic rings. The molecule has 0 spiro atoms. The number of benzene rings is 1. The van der Waals surface area contributed by atoms with Crippen LogP contribution in [0.25, 0.3) is 6.08 Å². The van der Waals surface area contributed by atoms with E-state index in [4.69, 9.17) is 16.3 Å². The number of amides is 2. The summed E-state index contributed by atoms with van der Waals surface area (Å²) in [4.78, 5) is 23.0. The van der Waals surface area contributed by atoms with Gasteiger partial charge < -0.3 is 4.74 Å². The van der Waals surface area contributed by atoms with Crippen molar-refractivity contribution in [2.24, 2.45) is 0 Å². The van der Waals surface area contributed by atoms with Gasteiger partial charge in [-0.2, -0.15) is 0 Å². The second-order valence-electron chi connectivity index (χ2n) is 5.41. The van der Waals surface area contributed by atoms with Gasteiger partial charge in [0, 0.05) is 0 Å². The van der Waals surface area contributed by atoms with Gasteiger partial charge in [0.05, 0.1) is 16.0 Å². The van der Waals surface area contributed by atoms with Crippen LogP contribution in [-0.4, -0.2) is 17.3 Å². The zero-order chi connectivity index (χ0) is 15.5. The van der Waals surface area contributed by atoms with E-state index in [-0.39, 0.29) is 17.3 Å². The van der Waals surface area contributed by atoms with Crippen molar-refractivity contribution in [2.75, 3.05) is 0 Å². The molecular formula is C16H16ClNO3S. The second kappa shape index (κ2) is 6.75. The fraction of sp³-hybridized carbons (Fsp3) is 0.375. The zero-order valence-corrected chi connectivity index (χ0v) is 13.5. The Morgan fingerprint density at radius 1 is 1.23 bits per heavy atom. The minimum Gasteiger partial charge on any atom is -0.490 e. The highest BCUT2D eigenvalue weighted by atomic mass is 35.5. The molecule has 22 heavy (non-hydrogen) atoms. The first kappa shape index (κ1) is 15.4. The third-order valence-electron chi connectivity index (χ3n) is 3.76. The van der Waals surface area contributed by atoms with Crippen molar-refractivity contribution < 1.29 is 14.3 Å². The number of imide groups is 1. The van der Waals surface area contributed by atoms with Crippen molar-refractivity contribution in [1.82, 2.24) is 5.32 Å². The topological polar surface area (TPSA) is 55.4 Å². The summed E-state index contributed by atoms with van der Waals surface area (Å²) in [5, 5.41) is 2.37. The van der Waals surface area contributed by atoms with Crippen molar-refractivity contribution in [3.8, 4) is 5.75 Å². The van der Waals surface area contributed by atoms with Crippen LogP contribution in [0.1, 0.15) is 37.7 Å². The van der Waals surface area contributed by atoms with Gasteiger partial charge in [-0.05, 0) is 67.3 Å². The number of thioether (sulfide) groups is 1. The lowest BCUT2D eigenvalue weighted by Crippen LogP contribution is -2.19. The van der Waals surface area contributed by atoms with E-state index in [1.165, 1.54) is 19.3 Å². The van der Waals surface area contributed by atoms with Gasteiger partial charge >= 0.3 is 0 Å². The van der Waals surface area contributed by atoms with Crippen LogP contribution in [0.2, 0.25) is 5.02 Å². The maximum Gasteiger partial charge on any atom is 0.290 e. The lowest BCUT2D eigenvalue weighted by molar-refractivity contribution is -0.115. The third kappa shape index (κ3) is 3.65. The molecule has 6 heteroatoms. The zero-order valence-electron chi connectivity index (χ0n) is 11.9. The highest BCUT2D eigenvalue weighted by Crippen LogP contribution is 2.31. The first-order chi connectivity index (χ1) is 10.6. The smallest absolute Gasteiger partial charge is 0.290 e. The molecule has 116 valence electrons. The van der Waals surface area contributed by atoms with E-state index in [0.29, 0.717) is 15.5 Å². The largest absolute Gasteiger partial charge is 0.490 e. The van der Waals surface area contributed by atoms with Crippen LogP contribution in [0.15, 0.2) is 23.1 Å². The summed E-state index contributed by atoms with van der Waals surface area (Å²) in [6.45, 7) is 0. The minimum absolute atomic E-state index is 0.266. The Morgan fingerprint density at radius 3 is 2.64 bits per heavy atom. The van der Waals surface area contributed by atoms with Gasteiger partial charge in [-0.25, -0.2) is 0 Å². The molecule has 1 saturated carbocycles. The van der Waals surface area contributed by atoms with Crippen molar-refractivity contribution in [3.05, 3.63) is 33.7 Å². The van der Waals surface area contributed by atoms with Gasteiger partial charge in [-0.1, -0.05) is 18.0 Å². The maximum absolute atomic E-state index is 11.5. The predicted octanol–water partition coefficient (Wildman–Crippen LogP) is 4.38. The Kier molecular flexibility index (Phi) is 4.74. The quantitative estimate of drug-likeness (QED) is 0.832. The van der Waals surface area contributed by atoms with Crippen LogP contribution >= 0.6 is 23.4 Å². The number of ether oxygens (including phenoxy) is 1. The number of carbonyl (C=O) groups is 2. The number of nitrogens with one attached hydrogen (secondary N) is 1. The predicted molar refractivity (Wildman–Crippen MR) is 88.1 cm³/mol. The van der Waals surface area contributed by atoms with Crippen molar-refractivity contribution >= 4 is 40.6 Å². The molecule has 0 atom stereocenters. The lowest BCUT2D eigenvalue weighted by atomic mass is 9.98. The van der Waals surface area contributed by atoms with Crippen LogP contribution < -0.4 is 10.1 Å². The monoisotopic (exact) mass is 337 g/mol. The fourth-order valence-corrected chi connectivity index (χ4v) is 3.53. The molecule has 1 aliphatic heterocycles. The second-order valence-corrected chi connectivity index (χ2v) is 6.84. The normalized spacial score (nSPS) is 21.2. The van der Waals surface area contributed by atoms with E-state index in [9.17, 15) is 9.59 Å². The first-order valence-corrected chi connectivity index (χ1v) is 8.52. The molecule has 0 radical (unpaired) electrons. The summed E-state index contributed by atoms with van der Waals surface area (Å²) in [5.41, 5.74) is 0.699.